The van der Waals surface area contributed by atoms with Gasteiger partial charge in [-0.3, -0.25) is 0 Å². The van der Waals surface area contributed by atoms with E-state index >= 15 is 0 Å². The minimum Gasteiger partial charge on any atom is -0.118 e. The van der Waals surface area contributed by atoms with Gasteiger partial charge in [0, 0.05) is 0 Å². The van der Waals surface area contributed by atoms with Crippen molar-refractivity contribution in [2.75, 3.05) is 0 Å². The lowest BCUT2D eigenvalue weighted by molar-refractivity contribution is 0.868. The van der Waals surface area contributed by atoms with Crippen LogP contribution in [-0.2, 0) is 0 Å². The highest BCUT2D eigenvalue weighted by atomic mass is 35.5. The number of halogens is 5. The Morgan fingerprint density at radius 1 is 0.524 bits per heavy atom. The van der Waals surface area contributed by atoms with E-state index in [0.717, 1.165) is 27.8 Å². The molecule has 1 rings (SSSR count). The second-order valence-corrected chi connectivity index (χ2v) is 8.65. The molecule has 0 aliphatic rings. The topological polar surface area (TPSA) is 0 Å². The van der Waals surface area contributed by atoms with Gasteiger partial charge in [0.25, 0.3) is 0 Å². The molecule has 1 aromatic carbocycles. The van der Waals surface area contributed by atoms with Gasteiger partial charge in [-0.05, 0) is 62.4 Å². The lowest BCUT2D eigenvalue weighted by atomic mass is 9.85. The van der Waals surface area contributed by atoms with Gasteiger partial charge in [-0.25, -0.2) is 0 Å². The summed E-state index contributed by atoms with van der Waals surface area (Å²) in [6.07, 6.45) is 0. The molecule has 0 nitrogen and oxygen atoms in total. The molecular weight excluding hydrogens is 369 g/mol. The summed E-state index contributed by atoms with van der Waals surface area (Å²) >= 11 is 32.0. The van der Waals surface area contributed by atoms with Crippen LogP contribution in [-0.4, -0.2) is 0 Å². The third-order valence-electron chi connectivity index (χ3n) is 3.56. The predicted octanol–water partition coefficient (Wildman–Crippen LogP) is 8.19. The van der Waals surface area contributed by atoms with Gasteiger partial charge in [-0.15, -0.1) is 58.0 Å². The predicted molar refractivity (Wildman–Crippen MR) is 97.8 cm³/mol. The van der Waals surface area contributed by atoms with Crippen LogP contribution in [0.2, 0.25) is 0 Å². The van der Waals surface area contributed by atoms with Crippen molar-refractivity contribution in [2.24, 2.45) is 0 Å². The molecule has 0 aliphatic carbocycles. The summed E-state index contributed by atoms with van der Waals surface area (Å²) in [5.74, 6) is 0. The minimum atomic E-state index is -0.220. The number of rotatable bonds is 5. The largest absolute Gasteiger partial charge is 0.118 e. The maximum absolute atomic E-state index is 6.45. The maximum atomic E-state index is 6.45. The first kappa shape index (κ1) is 19.7. The first-order chi connectivity index (χ1) is 9.59. The lowest BCUT2D eigenvalue weighted by Crippen LogP contribution is -2.11. The molecule has 0 saturated carbocycles. The molecule has 1 aromatic rings. The van der Waals surface area contributed by atoms with Gasteiger partial charge in [0.2, 0.25) is 0 Å². The molecule has 5 unspecified atom stereocenters. The van der Waals surface area contributed by atoms with Gasteiger partial charge in [0.05, 0.1) is 26.9 Å². The van der Waals surface area contributed by atoms with Crippen LogP contribution in [0, 0.1) is 0 Å². The van der Waals surface area contributed by atoms with E-state index in [4.69, 9.17) is 58.0 Å². The molecule has 0 aliphatic heterocycles. The van der Waals surface area contributed by atoms with E-state index in [1.54, 1.807) is 0 Å². The van der Waals surface area contributed by atoms with Crippen LogP contribution >= 0.6 is 58.0 Å². The van der Waals surface area contributed by atoms with E-state index in [-0.39, 0.29) is 26.9 Å². The fourth-order valence-electron chi connectivity index (χ4n) is 2.75. The molecule has 0 bridgehead atoms. The van der Waals surface area contributed by atoms with Crippen LogP contribution < -0.4 is 0 Å². The first-order valence-electron chi connectivity index (χ1n) is 7.00. The molecule has 0 heterocycles. The Hall–Kier alpha value is 0.670. The summed E-state index contributed by atoms with van der Waals surface area (Å²) in [6, 6.07) is 2.03. The van der Waals surface area contributed by atoms with Crippen LogP contribution in [0.25, 0.3) is 0 Å². The fraction of sp³-hybridized carbons (Fsp3) is 0.625. The van der Waals surface area contributed by atoms with Crippen molar-refractivity contribution in [2.45, 2.75) is 61.5 Å². The van der Waals surface area contributed by atoms with Crippen molar-refractivity contribution in [1.82, 2.24) is 0 Å². The van der Waals surface area contributed by atoms with Crippen LogP contribution in [0.3, 0.4) is 0 Å². The Kier molecular flexibility index (Phi) is 7.49. The molecule has 120 valence electrons. The van der Waals surface area contributed by atoms with E-state index in [9.17, 15) is 0 Å². The second-order valence-electron chi connectivity index (χ2n) is 5.38. The van der Waals surface area contributed by atoms with E-state index in [1.165, 1.54) is 0 Å². The van der Waals surface area contributed by atoms with Crippen molar-refractivity contribution in [3.05, 3.63) is 33.9 Å². The summed E-state index contributed by atoms with van der Waals surface area (Å²) in [4.78, 5) is 0. The van der Waals surface area contributed by atoms with Gasteiger partial charge in [-0.2, -0.15) is 0 Å². The highest BCUT2D eigenvalue weighted by Gasteiger charge is 2.28. The van der Waals surface area contributed by atoms with Gasteiger partial charge in [-0.1, -0.05) is 6.07 Å². The summed E-state index contributed by atoms with van der Waals surface area (Å²) in [7, 11) is 0. The molecule has 5 atom stereocenters. The molecule has 0 amide bonds. The summed E-state index contributed by atoms with van der Waals surface area (Å²) in [5, 5.41) is -0.979. The highest BCUT2D eigenvalue weighted by molar-refractivity contribution is 6.25. The highest BCUT2D eigenvalue weighted by Crippen LogP contribution is 2.46. The average molecular weight is 391 g/mol. The second kappa shape index (κ2) is 7.97. The zero-order valence-corrected chi connectivity index (χ0v) is 16.6. The molecular formula is C16H21Cl5. The van der Waals surface area contributed by atoms with Gasteiger partial charge >= 0.3 is 0 Å². The number of benzene rings is 1. The van der Waals surface area contributed by atoms with Gasteiger partial charge in [0.15, 0.2) is 0 Å². The lowest BCUT2D eigenvalue weighted by Gasteiger charge is -2.28. The van der Waals surface area contributed by atoms with E-state index in [0.29, 0.717) is 0 Å². The first-order valence-corrected chi connectivity index (χ1v) is 9.18. The zero-order valence-electron chi connectivity index (χ0n) is 12.9. The molecule has 5 heteroatoms. The maximum Gasteiger partial charge on any atom is 0.0563 e. The minimum absolute atomic E-state index is 0.177. The van der Waals surface area contributed by atoms with Crippen molar-refractivity contribution in [3.8, 4) is 0 Å². The normalized spacial score (nSPS) is 19.0. The SMILES string of the molecule is CC(Cl)c1cc(C(C)Cl)c(C(C)Cl)c(C(C)Cl)c1C(C)Cl. The van der Waals surface area contributed by atoms with E-state index < -0.39 is 0 Å². The molecule has 0 aromatic heterocycles. The molecule has 0 fully saturated rings. The van der Waals surface area contributed by atoms with Crippen molar-refractivity contribution in [3.63, 3.8) is 0 Å². The Labute approximate surface area is 153 Å². The quantitative estimate of drug-likeness (QED) is 0.445. The summed E-state index contributed by atoms with van der Waals surface area (Å²) in [6.45, 7) is 9.63. The molecule has 0 N–H and O–H groups in total. The van der Waals surface area contributed by atoms with Crippen LogP contribution in [0.5, 0.6) is 0 Å². The van der Waals surface area contributed by atoms with Gasteiger partial charge in [0.1, 0.15) is 0 Å². The van der Waals surface area contributed by atoms with Crippen LogP contribution in [0.4, 0.5) is 0 Å². The van der Waals surface area contributed by atoms with E-state index in [1.807, 2.05) is 40.7 Å². The van der Waals surface area contributed by atoms with E-state index in [2.05, 4.69) is 0 Å². The average Bonchev–Trinajstić information content (AvgIpc) is 2.34. The number of hydrogen-bond donors (Lipinski definition) is 0. The smallest absolute Gasteiger partial charge is 0.0563 e. The summed E-state index contributed by atoms with van der Waals surface area (Å²) in [5.41, 5.74) is 4.88. The van der Waals surface area contributed by atoms with Crippen molar-refractivity contribution in [1.29, 1.82) is 0 Å². The molecule has 0 spiro atoms. The standard InChI is InChI=1S/C16H21Cl5/c1-7(17)12-6-13(8(2)18)15(10(4)20)16(11(5)21)14(12)9(3)19/h6-11H,1-5H3. The van der Waals surface area contributed by atoms with Crippen LogP contribution in [0.15, 0.2) is 6.07 Å². The summed E-state index contributed by atoms with van der Waals surface area (Å²) < 4.78 is 0. The van der Waals surface area contributed by atoms with Crippen molar-refractivity contribution < 1.29 is 0 Å². The number of alkyl halides is 5. The monoisotopic (exact) mass is 388 g/mol. The van der Waals surface area contributed by atoms with Gasteiger partial charge < -0.3 is 0 Å². The molecule has 21 heavy (non-hydrogen) atoms. The molecule has 0 saturated heterocycles. The number of hydrogen-bond acceptors (Lipinski definition) is 0. The zero-order chi connectivity index (χ0) is 16.5. The Morgan fingerprint density at radius 3 is 1.00 bits per heavy atom. The third kappa shape index (κ3) is 4.36. The molecule has 0 radical (unpaired) electrons. The fourth-order valence-corrected chi connectivity index (χ4v) is 3.84. The Bertz CT molecular complexity index is 452. The Balaban J connectivity index is 3.89. The Morgan fingerprint density at radius 2 is 0.810 bits per heavy atom. The third-order valence-corrected chi connectivity index (χ3v) is 4.69. The van der Waals surface area contributed by atoms with Crippen molar-refractivity contribution >= 4 is 58.0 Å². The van der Waals surface area contributed by atoms with Crippen LogP contribution in [0.1, 0.15) is 89.3 Å².